The van der Waals surface area contributed by atoms with E-state index in [1.54, 1.807) is 0 Å². The van der Waals surface area contributed by atoms with Gasteiger partial charge < -0.3 is 10.5 Å². The van der Waals surface area contributed by atoms with Crippen LogP contribution in [0.3, 0.4) is 0 Å². The second kappa shape index (κ2) is 5.81. The molecule has 0 amide bonds. The van der Waals surface area contributed by atoms with Crippen LogP contribution in [-0.2, 0) is 26.3 Å². The van der Waals surface area contributed by atoms with Crippen molar-refractivity contribution in [1.82, 2.24) is 9.78 Å². The van der Waals surface area contributed by atoms with E-state index in [0.29, 0.717) is 0 Å². The van der Waals surface area contributed by atoms with E-state index in [4.69, 9.17) is 10.5 Å². The second-order valence-corrected chi connectivity index (χ2v) is 6.25. The maximum atomic E-state index is 6.41. The molecule has 1 aromatic heterocycles. The van der Waals surface area contributed by atoms with Crippen molar-refractivity contribution in [2.24, 2.45) is 12.8 Å². The number of nitrogens with zero attached hydrogens (tertiary/aromatic N) is 2. The van der Waals surface area contributed by atoms with Crippen molar-refractivity contribution in [2.75, 3.05) is 6.61 Å². The zero-order valence-corrected chi connectivity index (χ0v) is 14.0. The number of fused-ring (bicyclic) bond motifs is 1. The Balaban J connectivity index is 1.83. The number of nitrogens with two attached hydrogens (primary N) is 1. The molecule has 1 atom stereocenters. The van der Waals surface area contributed by atoms with Gasteiger partial charge >= 0.3 is 0 Å². The molecule has 3 rings (SSSR count). The Labute approximate surface area is 133 Å². The summed E-state index contributed by atoms with van der Waals surface area (Å²) in [5, 5.41) is 4.53. The molecule has 4 nitrogen and oxygen atoms in total. The number of hydrogen-bond acceptors (Lipinski definition) is 3. The van der Waals surface area contributed by atoms with Gasteiger partial charge in [0.2, 0.25) is 0 Å². The van der Waals surface area contributed by atoms with Crippen molar-refractivity contribution in [1.29, 1.82) is 0 Å². The lowest BCUT2D eigenvalue weighted by atomic mass is 9.99. The van der Waals surface area contributed by atoms with E-state index in [1.807, 2.05) is 17.8 Å². The molecule has 112 valence electrons. The van der Waals surface area contributed by atoms with Gasteiger partial charge in [0.25, 0.3) is 0 Å². The Morgan fingerprint density at radius 2 is 2.29 bits per heavy atom. The summed E-state index contributed by atoms with van der Waals surface area (Å²) in [6.45, 7) is 2.89. The van der Waals surface area contributed by atoms with Crippen LogP contribution in [0.15, 0.2) is 22.7 Å². The number of aromatic nitrogens is 2. The molecule has 2 aromatic rings. The maximum Gasteiger partial charge on any atom is 0.122 e. The third kappa shape index (κ3) is 2.72. The molecule has 0 fully saturated rings. The van der Waals surface area contributed by atoms with Crippen molar-refractivity contribution < 1.29 is 4.74 Å². The van der Waals surface area contributed by atoms with E-state index in [9.17, 15) is 0 Å². The first-order valence-electron chi connectivity index (χ1n) is 7.31. The number of rotatable bonds is 4. The summed E-state index contributed by atoms with van der Waals surface area (Å²) in [6.07, 6.45) is 2.66. The van der Waals surface area contributed by atoms with Crippen molar-refractivity contribution in [3.8, 4) is 5.75 Å². The fraction of sp³-hybridized carbons (Fsp3) is 0.438. The maximum absolute atomic E-state index is 6.41. The van der Waals surface area contributed by atoms with Gasteiger partial charge in [-0.3, -0.25) is 4.68 Å². The Bertz CT molecular complexity index is 666. The lowest BCUT2D eigenvalue weighted by Gasteiger charge is -2.14. The molecule has 0 spiro atoms. The predicted octanol–water partition coefficient (Wildman–Crippen LogP) is 2.92. The van der Waals surface area contributed by atoms with Crippen molar-refractivity contribution >= 4 is 15.9 Å². The number of ether oxygens (including phenoxy) is 1. The van der Waals surface area contributed by atoms with Crippen LogP contribution in [0, 0.1) is 0 Å². The molecule has 0 radical (unpaired) electrons. The van der Waals surface area contributed by atoms with Crippen molar-refractivity contribution in [3.05, 3.63) is 45.2 Å². The number of benzene rings is 1. The van der Waals surface area contributed by atoms with Crippen LogP contribution in [0.1, 0.15) is 35.5 Å². The monoisotopic (exact) mass is 349 g/mol. The predicted molar refractivity (Wildman–Crippen MR) is 86.6 cm³/mol. The molecular formula is C16H20BrN3O. The third-order valence-corrected chi connectivity index (χ3v) is 4.97. The zero-order chi connectivity index (χ0) is 15.0. The molecule has 21 heavy (non-hydrogen) atoms. The van der Waals surface area contributed by atoms with Crippen LogP contribution >= 0.6 is 15.9 Å². The zero-order valence-electron chi connectivity index (χ0n) is 12.4. The molecule has 1 aliphatic rings. The highest BCUT2D eigenvalue weighted by atomic mass is 79.9. The smallest absolute Gasteiger partial charge is 0.122 e. The van der Waals surface area contributed by atoms with Gasteiger partial charge in [-0.2, -0.15) is 5.10 Å². The highest BCUT2D eigenvalue weighted by molar-refractivity contribution is 9.10. The van der Waals surface area contributed by atoms with Gasteiger partial charge in [0.15, 0.2) is 0 Å². The molecule has 2 heterocycles. The number of aryl methyl sites for hydroxylation is 2. The standard InChI is InChI=1S/C16H20BrN3O/c1-3-13-16(17)14(20(2)19-13)9-12(18)10-4-5-15-11(8-10)6-7-21-15/h4-5,8,12H,3,6-7,9,18H2,1-2H3. The van der Waals surface area contributed by atoms with E-state index in [0.717, 1.165) is 53.0 Å². The molecule has 0 aliphatic carbocycles. The molecule has 1 aliphatic heterocycles. The summed E-state index contributed by atoms with van der Waals surface area (Å²) >= 11 is 3.65. The molecule has 0 saturated carbocycles. The van der Waals surface area contributed by atoms with Gasteiger partial charge in [0, 0.05) is 25.9 Å². The van der Waals surface area contributed by atoms with Gasteiger partial charge in [-0.05, 0) is 39.5 Å². The van der Waals surface area contributed by atoms with Crippen molar-refractivity contribution in [3.63, 3.8) is 0 Å². The highest BCUT2D eigenvalue weighted by Crippen LogP contribution is 2.30. The van der Waals surface area contributed by atoms with Gasteiger partial charge in [-0.1, -0.05) is 19.1 Å². The average Bonchev–Trinajstić information content (AvgIpc) is 3.05. The molecular weight excluding hydrogens is 330 g/mol. The van der Waals surface area contributed by atoms with Crippen LogP contribution in [0.2, 0.25) is 0 Å². The minimum atomic E-state index is -0.0349. The SMILES string of the molecule is CCc1nn(C)c(CC(N)c2ccc3c(c2)CCO3)c1Br. The Kier molecular flexibility index (Phi) is 4.04. The summed E-state index contributed by atoms with van der Waals surface area (Å²) < 4.78 is 8.57. The van der Waals surface area contributed by atoms with E-state index >= 15 is 0 Å². The normalized spacial score (nSPS) is 14.9. The minimum Gasteiger partial charge on any atom is -0.493 e. The fourth-order valence-electron chi connectivity index (χ4n) is 2.80. The van der Waals surface area contributed by atoms with Gasteiger partial charge in [0.05, 0.1) is 22.5 Å². The summed E-state index contributed by atoms with van der Waals surface area (Å²) in [7, 11) is 1.97. The summed E-state index contributed by atoms with van der Waals surface area (Å²) in [6, 6.07) is 6.25. The summed E-state index contributed by atoms with van der Waals surface area (Å²) in [5.74, 6) is 1.00. The molecule has 2 N–H and O–H groups in total. The summed E-state index contributed by atoms with van der Waals surface area (Å²) in [5.41, 5.74) is 11.1. The first-order valence-corrected chi connectivity index (χ1v) is 8.11. The first-order chi connectivity index (χ1) is 10.1. The number of halogens is 1. The molecule has 0 saturated heterocycles. The average molecular weight is 350 g/mol. The molecule has 1 unspecified atom stereocenters. The van der Waals surface area contributed by atoms with E-state index in [2.05, 4.69) is 40.1 Å². The van der Waals surface area contributed by atoms with E-state index < -0.39 is 0 Å². The second-order valence-electron chi connectivity index (χ2n) is 5.46. The van der Waals surface area contributed by atoms with Crippen LogP contribution < -0.4 is 10.5 Å². The fourth-order valence-corrected chi connectivity index (χ4v) is 3.58. The third-order valence-electron chi connectivity index (χ3n) is 4.06. The molecule has 0 bridgehead atoms. The van der Waals surface area contributed by atoms with Crippen LogP contribution in [0.25, 0.3) is 0 Å². The topological polar surface area (TPSA) is 53.1 Å². The number of hydrogen-bond donors (Lipinski definition) is 1. The lowest BCUT2D eigenvalue weighted by molar-refractivity contribution is 0.357. The van der Waals surface area contributed by atoms with Gasteiger partial charge in [0.1, 0.15) is 5.75 Å². The highest BCUT2D eigenvalue weighted by Gasteiger charge is 2.19. The Hall–Kier alpha value is -1.33. The quantitative estimate of drug-likeness (QED) is 0.923. The van der Waals surface area contributed by atoms with Crippen LogP contribution in [0.4, 0.5) is 0 Å². The van der Waals surface area contributed by atoms with Crippen LogP contribution in [-0.4, -0.2) is 16.4 Å². The first kappa shape index (κ1) is 14.6. The van der Waals surface area contributed by atoms with Gasteiger partial charge in [-0.25, -0.2) is 0 Å². The largest absolute Gasteiger partial charge is 0.493 e. The summed E-state index contributed by atoms with van der Waals surface area (Å²) in [4.78, 5) is 0. The van der Waals surface area contributed by atoms with Crippen molar-refractivity contribution in [2.45, 2.75) is 32.2 Å². The molecule has 1 aromatic carbocycles. The Morgan fingerprint density at radius 1 is 1.48 bits per heavy atom. The van der Waals surface area contributed by atoms with Crippen LogP contribution in [0.5, 0.6) is 5.75 Å². The Morgan fingerprint density at radius 3 is 3.00 bits per heavy atom. The van der Waals surface area contributed by atoms with Gasteiger partial charge in [-0.15, -0.1) is 0 Å². The molecule has 5 heteroatoms. The minimum absolute atomic E-state index is 0.0349. The van der Waals surface area contributed by atoms with E-state index in [-0.39, 0.29) is 6.04 Å². The van der Waals surface area contributed by atoms with E-state index in [1.165, 1.54) is 5.56 Å². The lowest BCUT2D eigenvalue weighted by Crippen LogP contribution is -2.15.